The van der Waals surface area contributed by atoms with Gasteiger partial charge in [-0.1, -0.05) is 12.1 Å². The number of nitriles is 1. The number of hydrogen-bond acceptors (Lipinski definition) is 7. The van der Waals surface area contributed by atoms with E-state index in [0.29, 0.717) is 23.7 Å². The summed E-state index contributed by atoms with van der Waals surface area (Å²) in [5, 5.41) is 12.6. The van der Waals surface area contributed by atoms with E-state index < -0.39 is 29.7 Å². The first-order valence-electron chi connectivity index (χ1n) is 14.4. The summed E-state index contributed by atoms with van der Waals surface area (Å²) in [6, 6.07) is 6.77. The van der Waals surface area contributed by atoms with Crippen molar-refractivity contribution >= 4 is 17.7 Å². The molecule has 5 atom stereocenters. The second-order valence-corrected chi connectivity index (χ2v) is 12.6. The van der Waals surface area contributed by atoms with Gasteiger partial charge in [0.05, 0.1) is 31.4 Å². The minimum absolute atomic E-state index is 0.0392. The van der Waals surface area contributed by atoms with E-state index in [9.17, 15) is 14.9 Å². The van der Waals surface area contributed by atoms with Gasteiger partial charge in [0.15, 0.2) is 0 Å². The summed E-state index contributed by atoms with van der Waals surface area (Å²) in [6.45, 7) is 8.90. The smallest absolute Gasteiger partial charge is 0.411 e. The highest BCUT2D eigenvalue weighted by Crippen LogP contribution is 2.39. The summed E-state index contributed by atoms with van der Waals surface area (Å²) in [5.74, 6) is -0.815. The van der Waals surface area contributed by atoms with Crippen molar-refractivity contribution < 1.29 is 23.5 Å². The summed E-state index contributed by atoms with van der Waals surface area (Å²) in [5.41, 5.74) is 1.41. The van der Waals surface area contributed by atoms with E-state index in [1.807, 2.05) is 12.1 Å². The Morgan fingerprint density at radius 1 is 1.20 bits per heavy atom. The number of ether oxygens (including phenoxy) is 2. The van der Waals surface area contributed by atoms with Crippen LogP contribution < -0.4 is 10.2 Å². The van der Waals surface area contributed by atoms with Crippen LogP contribution in [0.3, 0.4) is 0 Å². The second-order valence-electron chi connectivity index (χ2n) is 12.6. The summed E-state index contributed by atoms with van der Waals surface area (Å²) in [6.07, 6.45) is 5.04. The van der Waals surface area contributed by atoms with Gasteiger partial charge in [-0.15, -0.1) is 0 Å². The van der Waals surface area contributed by atoms with Gasteiger partial charge >= 0.3 is 6.09 Å². The third-order valence-corrected chi connectivity index (χ3v) is 8.95. The quantitative estimate of drug-likeness (QED) is 0.543. The molecule has 4 heterocycles. The lowest BCUT2D eigenvalue weighted by atomic mass is 10.0. The van der Waals surface area contributed by atoms with Crippen LogP contribution in [0.25, 0.3) is 0 Å². The van der Waals surface area contributed by atoms with Gasteiger partial charge in [0.1, 0.15) is 23.5 Å². The summed E-state index contributed by atoms with van der Waals surface area (Å²) >= 11 is 0. The summed E-state index contributed by atoms with van der Waals surface area (Å²) in [4.78, 5) is 32.6. The number of piperidine rings is 1. The molecular formula is C30H38FN5O4. The zero-order valence-electron chi connectivity index (χ0n) is 23.4. The summed E-state index contributed by atoms with van der Waals surface area (Å²) < 4.78 is 26.3. The van der Waals surface area contributed by atoms with Crippen LogP contribution in [0.5, 0.6) is 0 Å². The molecule has 0 spiro atoms. The second kappa shape index (κ2) is 10.3. The number of likely N-dealkylation sites (tertiary alicyclic amines) is 2. The van der Waals surface area contributed by atoms with E-state index in [1.54, 1.807) is 32.9 Å². The molecule has 1 N–H and O–H groups in total. The molecule has 0 saturated carbocycles. The number of amides is 2. The number of hydrogen-bond donors (Lipinski definition) is 1. The minimum Gasteiger partial charge on any atom is -0.444 e. The molecule has 10 heteroatoms. The first-order valence-corrected chi connectivity index (χ1v) is 14.4. The normalized spacial score (nSPS) is 28.6. The van der Waals surface area contributed by atoms with Crippen LogP contribution in [0.2, 0.25) is 0 Å². The van der Waals surface area contributed by atoms with E-state index >= 15 is 4.39 Å². The fourth-order valence-electron chi connectivity index (χ4n) is 7.08. The Labute approximate surface area is 234 Å². The van der Waals surface area contributed by atoms with Crippen LogP contribution in [0, 0.1) is 17.1 Å². The number of rotatable bonds is 6. The van der Waals surface area contributed by atoms with Crippen LogP contribution in [0.1, 0.15) is 52.0 Å². The molecule has 2 amide bonds. The summed E-state index contributed by atoms with van der Waals surface area (Å²) in [7, 11) is 0. The number of carbonyl (C=O) groups is 2. The van der Waals surface area contributed by atoms with Crippen molar-refractivity contribution in [3.05, 3.63) is 41.2 Å². The van der Waals surface area contributed by atoms with Crippen molar-refractivity contribution in [2.75, 3.05) is 31.2 Å². The molecule has 9 nitrogen and oxygen atoms in total. The molecular weight excluding hydrogens is 513 g/mol. The predicted molar refractivity (Wildman–Crippen MR) is 146 cm³/mol. The highest BCUT2D eigenvalue weighted by atomic mass is 19.1. The average molecular weight is 552 g/mol. The van der Waals surface area contributed by atoms with Crippen LogP contribution in [0.15, 0.2) is 29.8 Å². The lowest BCUT2D eigenvalue weighted by molar-refractivity contribution is -0.126. The van der Waals surface area contributed by atoms with Crippen molar-refractivity contribution in [1.29, 1.82) is 5.26 Å². The highest BCUT2D eigenvalue weighted by molar-refractivity contribution is 5.91. The van der Waals surface area contributed by atoms with Gasteiger partial charge in [-0.3, -0.25) is 14.6 Å². The van der Waals surface area contributed by atoms with Gasteiger partial charge in [-0.05, 0) is 69.7 Å². The lowest BCUT2D eigenvalue weighted by Crippen LogP contribution is -2.55. The Bertz CT molecular complexity index is 1250. The first kappa shape index (κ1) is 27.0. The molecule has 0 radical (unpaired) electrons. The van der Waals surface area contributed by atoms with Crippen LogP contribution >= 0.6 is 0 Å². The number of carbonyl (C=O) groups excluding carboxylic acids is 2. The Kier molecular flexibility index (Phi) is 6.99. The molecule has 6 rings (SSSR count). The standard InChI is InChI=1S/C30H38FN5O4/c1-30(2,3)40-29(38)36-22-7-5-19(13-22)27(36)28(37)33-20(15-32)12-18-4-6-21(14-24(18)31)34-10-8-26-25(34)9-11-35(26)23-16-39-17-23/h4,6,13-14,20,22-23,25-27H,5,7-12,16-17H2,1-3H3,(H,33,37)/t20-,22+,25?,26?,27-/m0/s1. The number of benzene rings is 1. The molecule has 3 saturated heterocycles. The third-order valence-electron chi connectivity index (χ3n) is 8.95. The van der Waals surface area contributed by atoms with Gasteiger partial charge in [-0.25, -0.2) is 9.18 Å². The van der Waals surface area contributed by atoms with Crippen molar-refractivity contribution in [2.45, 2.75) is 94.7 Å². The van der Waals surface area contributed by atoms with E-state index in [4.69, 9.17) is 9.47 Å². The zero-order valence-corrected chi connectivity index (χ0v) is 23.4. The highest BCUT2D eigenvalue weighted by Gasteiger charge is 2.48. The number of nitrogens with zero attached hydrogens (tertiary/aromatic N) is 4. The van der Waals surface area contributed by atoms with Gasteiger partial charge in [0.25, 0.3) is 0 Å². The molecule has 2 unspecified atom stereocenters. The molecule has 0 aromatic heterocycles. The Hall–Kier alpha value is -3.16. The van der Waals surface area contributed by atoms with Crippen molar-refractivity contribution in [3.8, 4) is 6.07 Å². The number of fused-ring (bicyclic) bond motifs is 2. The predicted octanol–water partition coefficient (Wildman–Crippen LogP) is 3.14. The molecule has 5 aliphatic rings. The van der Waals surface area contributed by atoms with Crippen molar-refractivity contribution in [2.24, 2.45) is 0 Å². The van der Waals surface area contributed by atoms with Gasteiger partial charge in [0.2, 0.25) is 5.91 Å². The van der Waals surface area contributed by atoms with E-state index in [1.165, 1.54) is 4.90 Å². The van der Waals surface area contributed by atoms with E-state index in [2.05, 4.69) is 21.2 Å². The number of anilines is 1. The van der Waals surface area contributed by atoms with Crippen molar-refractivity contribution in [1.82, 2.24) is 15.1 Å². The van der Waals surface area contributed by atoms with Gasteiger partial charge in [-0.2, -0.15) is 5.26 Å². The third kappa shape index (κ3) is 4.94. The molecule has 4 aliphatic heterocycles. The first-order chi connectivity index (χ1) is 19.1. The van der Waals surface area contributed by atoms with Crippen LogP contribution in [-0.2, 0) is 20.7 Å². The van der Waals surface area contributed by atoms with E-state index in [-0.39, 0.29) is 18.3 Å². The molecule has 40 heavy (non-hydrogen) atoms. The Morgan fingerprint density at radius 3 is 2.65 bits per heavy atom. The average Bonchev–Trinajstić information content (AvgIpc) is 3.64. The molecule has 1 aromatic rings. The Morgan fingerprint density at radius 2 is 1.98 bits per heavy atom. The number of halogens is 1. The van der Waals surface area contributed by atoms with Crippen LogP contribution in [-0.4, -0.2) is 90.0 Å². The number of nitrogens with one attached hydrogen (secondary N) is 1. The fraction of sp³-hybridized carbons (Fsp3) is 0.633. The zero-order chi connectivity index (χ0) is 28.2. The fourth-order valence-corrected chi connectivity index (χ4v) is 7.08. The topological polar surface area (TPSA) is 98.1 Å². The van der Waals surface area contributed by atoms with Gasteiger partial charge < -0.3 is 19.7 Å². The maximum atomic E-state index is 15.3. The monoisotopic (exact) mass is 551 g/mol. The van der Waals surface area contributed by atoms with Crippen molar-refractivity contribution in [3.63, 3.8) is 0 Å². The van der Waals surface area contributed by atoms with Crippen LogP contribution in [0.4, 0.5) is 14.9 Å². The molecule has 3 fully saturated rings. The van der Waals surface area contributed by atoms with Gasteiger partial charge in [0, 0.05) is 37.3 Å². The SMILES string of the molecule is CC(C)(C)OC(=O)N1[C@H](C(=O)N[C@H](C#N)Cc2ccc(N3CCC4C3CCN4C3COC3)cc2F)C2=C[C@H]1CC2. The Balaban J connectivity index is 1.10. The maximum Gasteiger partial charge on any atom is 0.411 e. The molecule has 1 aromatic carbocycles. The lowest BCUT2D eigenvalue weighted by Gasteiger charge is -2.38. The molecule has 2 bridgehead atoms. The molecule has 1 aliphatic carbocycles. The molecule has 214 valence electrons. The van der Waals surface area contributed by atoms with E-state index in [0.717, 1.165) is 63.2 Å². The maximum absolute atomic E-state index is 15.3. The largest absolute Gasteiger partial charge is 0.444 e. The minimum atomic E-state index is -0.933.